The Bertz CT molecular complexity index is 1090. The molecular formula is C23H20F6N2O3. The third-order valence-electron chi connectivity index (χ3n) is 5.42. The van der Waals surface area contributed by atoms with E-state index in [1.54, 1.807) is 19.1 Å². The molecule has 0 amide bonds. The van der Waals surface area contributed by atoms with Crippen molar-refractivity contribution < 1.29 is 36.0 Å². The van der Waals surface area contributed by atoms with Crippen LogP contribution in [-0.2, 0) is 5.54 Å². The molecule has 1 heterocycles. The molecule has 0 aromatic heterocycles. The standard InChI is InChI=1S/C23H20F6N2O3/c1-15-3-5-16(6-4-15)19-13-21(23(27,28)29,30-14-20(19)31(32)33)17-7-9-18(10-8-17)34-12-2-11-22(24,25)26/h3-10,14H,2,11-13H2,1H3. The van der Waals surface area contributed by atoms with Crippen LogP contribution in [0.4, 0.5) is 26.3 Å². The second-order valence-electron chi connectivity index (χ2n) is 7.87. The first kappa shape index (κ1) is 25.3. The lowest BCUT2D eigenvalue weighted by molar-refractivity contribution is -0.413. The first-order valence-electron chi connectivity index (χ1n) is 10.2. The van der Waals surface area contributed by atoms with Gasteiger partial charge in [-0.3, -0.25) is 15.1 Å². The zero-order valence-corrected chi connectivity index (χ0v) is 17.9. The molecule has 11 heteroatoms. The molecule has 5 nitrogen and oxygen atoms in total. The van der Waals surface area contributed by atoms with Gasteiger partial charge in [0.25, 0.3) is 5.70 Å². The van der Waals surface area contributed by atoms with Gasteiger partial charge in [0.1, 0.15) is 12.0 Å². The maximum atomic E-state index is 14.4. The third-order valence-corrected chi connectivity index (χ3v) is 5.42. The number of aryl methyl sites for hydroxylation is 1. The number of ether oxygens (including phenoxy) is 1. The summed E-state index contributed by atoms with van der Waals surface area (Å²) in [5.41, 5.74) is -2.56. The van der Waals surface area contributed by atoms with Crippen molar-refractivity contribution in [1.29, 1.82) is 0 Å². The second-order valence-corrected chi connectivity index (χ2v) is 7.87. The lowest BCUT2D eigenvalue weighted by Gasteiger charge is -2.35. The van der Waals surface area contributed by atoms with Gasteiger partial charge in [0.05, 0.1) is 11.5 Å². The van der Waals surface area contributed by atoms with Crippen LogP contribution in [0, 0.1) is 17.0 Å². The van der Waals surface area contributed by atoms with Crippen molar-refractivity contribution in [3.8, 4) is 5.75 Å². The van der Waals surface area contributed by atoms with Crippen LogP contribution < -0.4 is 4.74 Å². The zero-order valence-electron chi connectivity index (χ0n) is 17.9. The van der Waals surface area contributed by atoms with Crippen molar-refractivity contribution in [3.63, 3.8) is 0 Å². The van der Waals surface area contributed by atoms with E-state index in [1.807, 2.05) is 0 Å². The lowest BCUT2D eigenvalue weighted by atomic mass is 9.79. The van der Waals surface area contributed by atoms with Crippen molar-refractivity contribution in [1.82, 2.24) is 0 Å². The highest BCUT2D eigenvalue weighted by atomic mass is 19.4. The van der Waals surface area contributed by atoms with Gasteiger partial charge in [-0.15, -0.1) is 0 Å². The maximum absolute atomic E-state index is 14.4. The summed E-state index contributed by atoms with van der Waals surface area (Å²) in [6, 6.07) is 11.0. The van der Waals surface area contributed by atoms with Crippen molar-refractivity contribution in [2.24, 2.45) is 4.99 Å². The van der Waals surface area contributed by atoms with E-state index in [1.165, 1.54) is 24.3 Å². The van der Waals surface area contributed by atoms with Crippen LogP contribution in [0.1, 0.15) is 36.0 Å². The molecule has 1 aliphatic heterocycles. The molecule has 0 N–H and O–H groups in total. The molecule has 0 spiro atoms. The maximum Gasteiger partial charge on any atom is 0.418 e. The summed E-state index contributed by atoms with van der Waals surface area (Å²) in [4.78, 5) is 14.4. The van der Waals surface area contributed by atoms with E-state index in [4.69, 9.17) is 4.74 Å². The number of hydrogen-bond donors (Lipinski definition) is 0. The highest BCUT2D eigenvalue weighted by Crippen LogP contribution is 2.50. The molecule has 0 aliphatic carbocycles. The molecule has 0 fully saturated rings. The monoisotopic (exact) mass is 486 g/mol. The summed E-state index contributed by atoms with van der Waals surface area (Å²) in [6.07, 6.45) is -10.7. The van der Waals surface area contributed by atoms with Crippen molar-refractivity contribution in [3.05, 3.63) is 81.0 Å². The summed E-state index contributed by atoms with van der Waals surface area (Å²) >= 11 is 0. The molecule has 182 valence electrons. The van der Waals surface area contributed by atoms with E-state index >= 15 is 0 Å². The summed E-state index contributed by atoms with van der Waals surface area (Å²) < 4.78 is 85.0. The topological polar surface area (TPSA) is 64.7 Å². The number of hydrogen-bond acceptors (Lipinski definition) is 4. The van der Waals surface area contributed by atoms with Gasteiger partial charge in [0.15, 0.2) is 5.54 Å². The van der Waals surface area contributed by atoms with E-state index in [-0.39, 0.29) is 35.5 Å². The minimum absolute atomic E-state index is 0.100. The number of alkyl halides is 6. The molecule has 2 aromatic rings. The first-order valence-corrected chi connectivity index (χ1v) is 10.2. The molecule has 34 heavy (non-hydrogen) atoms. The minimum atomic E-state index is -4.89. The predicted octanol–water partition coefficient (Wildman–Crippen LogP) is 6.64. The Hall–Kier alpha value is -3.37. The highest BCUT2D eigenvalue weighted by Gasteiger charge is 2.58. The number of rotatable bonds is 7. The molecule has 1 atom stereocenters. The molecule has 2 aromatic carbocycles. The largest absolute Gasteiger partial charge is 0.494 e. The minimum Gasteiger partial charge on any atom is -0.494 e. The number of halogens is 6. The number of dihydropyridines is 1. The molecule has 0 saturated heterocycles. The summed E-state index contributed by atoms with van der Waals surface area (Å²) in [6.45, 7) is 1.52. The van der Waals surface area contributed by atoms with Gasteiger partial charge in [-0.05, 0) is 36.6 Å². The summed E-state index contributed by atoms with van der Waals surface area (Å²) in [5.74, 6) is 0.100. The van der Waals surface area contributed by atoms with Crippen LogP contribution in [-0.4, -0.2) is 30.1 Å². The SMILES string of the molecule is Cc1ccc(C2=C([N+](=O)[O-])C=NC(c3ccc(OCCCC(F)(F)F)cc3)(C(F)(F)F)C2)cc1. The lowest BCUT2D eigenvalue weighted by Crippen LogP contribution is -2.43. The van der Waals surface area contributed by atoms with Crippen LogP contribution in [0.25, 0.3) is 5.57 Å². The third kappa shape index (κ3) is 5.57. The number of nitro groups is 1. The van der Waals surface area contributed by atoms with Crippen molar-refractivity contribution in [2.75, 3.05) is 6.61 Å². The molecular weight excluding hydrogens is 466 g/mol. The average Bonchev–Trinajstić information content (AvgIpc) is 2.76. The Morgan fingerprint density at radius 3 is 2.18 bits per heavy atom. The van der Waals surface area contributed by atoms with Gasteiger partial charge in [-0.2, -0.15) is 26.3 Å². The van der Waals surface area contributed by atoms with Gasteiger partial charge in [0.2, 0.25) is 0 Å². The van der Waals surface area contributed by atoms with Crippen LogP contribution in [0.5, 0.6) is 5.75 Å². The number of nitrogens with zero attached hydrogens (tertiary/aromatic N) is 2. The Labute approximate surface area is 190 Å². The van der Waals surface area contributed by atoms with Crippen LogP contribution >= 0.6 is 0 Å². The van der Waals surface area contributed by atoms with Crippen LogP contribution in [0.3, 0.4) is 0 Å². The van der Waals surface area contributed by atoms with E-state index in [0.29, 0.717) is 6.21 Å². The van der Waals surface area contributed by atoms with E-state index in [2.05, 4.69) is 4.99 Å². The molecule has 0 radical (unpaired) electrons. The normalized spacial score (nSPS) is 18.8. The Kier molecular flexibility index (Phi) is 7.04. The molecule has 1 unspecified atom stereocenters. The van der Waals surface area contributed by atoms with Crippen molar-refractivity contribution >= 4 is 11.8 Å². The Morgan fingerprint density at radius 2 is 1.65 bits per heavy atom. The smallest absolute Gasteiger partial charge is 0.418 e. The van der Waals surface area contributed by atoms with Gasteiger partial charge in [-0.25, -0.2) is 0 Å². The van der Waals surface area contributed by atoms with Crippen LogP contribution in [0.15, 0.2) is 59.2 Å². The van der Waals surface area contributed by atoms with E-state index in [9.17, 15) is 36.5 Å². The number of aliphatic imine (C=N–C) groups is 1. The molecule has 0 saturated carbocycles. The summed E-state index contributed by atoms with van der Waals surface area (Å²) in [5, 5.41) is 11.5. The second kappa shape index (κ2) is 9.47. The number of allylic oxidation sites excluding steroid dienone is 1. The van der Waals surface area contributed by atoms with Gasteiger partial charge < -0.3 is 4.74 Å². The summed E-state index contributed by atoms with van der Waals surface area (Å²) in [7, 11) is 0. The fraction of sp³-hybridized carbons (Fsp3) is 0.348. The van der Waals surface area contributed by atoms with Crippen LogP contribution in [0.2, 0.25) is 0 Å². The van der Waals surface area contributed by atoms with Crippen molar-refractivity contribution in [2.45, 2.75) is 44.1 Å². The van der Waals surface area contributed by atoms with E-state index < -0.39 is 41.4 Å². The molecule has 1 aliphatic rings. The van der Waals surface area contributed by atoms with Gasteiger partial charge in [0, 0.05) is 18.4 Å². The molecule has 0 bridgehead atoms. The molecule has 3 rings (SSSR count). The van der Waals surface area contributed by atoms with Gasteiger partial charge >= 0.3 is 12.4 Å². The highest BCUT2D eigenvalue weighted by molar-refractivity contribution is 5.91. The fourth-order valence-electron chi connectivity index (χ4n) is 3.61. The van der Waals surface area contributed by atoms with Gasteiger partial charge in [-0.1, -0.05) is 42.0 Å². The first-order chi connectivity index (χ1) is 15.8. The zero-order chi connectivity index (χ0) is 25.1. The number of benzene rings is 2. The fourth-order valence-corrected chi connectivity index (χ4v) is 3.61. The predicted molar refractivity (Wildman–Crippen MR) is 113 cm³/mol. The average molecular weight is 486 g/mol. The Morgan fingerprint density at radius 1 is 1.03 bits per heavy atom. The van der Waals surface area contributed by atoms with E-state index in [0.717, 1.165) is 17.7 Å². The Balaban J connectivity index is 1.92. The quantitative estimate of drug-likeness (QED) is 0.191.